The number of carbonyl (C=O) groups is 1. The monoisotopic (exact) mass is 256 g/mol. The number of rotatable bonds is 2. The molecule has 0 aliphatic heterocycles. The van der Waals surface area contributed by atoms with Crippen LogP contribution >= 0.6 is 11.6 Å². The maximum absolute atomic E-state index is 11.6. The van der Waals surface area contributed by atoms with Crippen LogP contribution in [0.15, 0.2) is 18.2 Å². The van der Waals surface area contributed by atoms with Gasteiger partial charge in [-0.05, 0) is 32.9 Å². The Balaban J connectivity index is 2.72. The van der Waals surface area contributed by atoms with Gasteiger partial charge in [0.15, 0.2) is 0 Å². The van der Waals surface area contributed by atoms with E-state index in [0.717, 1.165) is 0 Å². The first-order valence-corrected chi connectivity index (χ1v) is 5.62. The smallest absolute Gasteiger partial charge is 0.319 e. The molecule has 4 nitrogen and oxygen atoms in total. The van der Waals surface area contributed by atoms with Crippen molar-refractivity contribution in [1.29, 1.82) is 0 Å². The van der Waals surface area contributed by atoms with Crippen LogP contribution < -0.4 is 15.4 Å². The third-order valence-corrected chi connectivity index (χ3v) is 2.21. The van der Waals surface area contributed by atoms with Gasteiger partial charge in [-0.2, -0.15) is 0 Å². The molecule has 17 heavy (non-hydrogen) atoms. The van der Waals surface area contributed by atoms with E-state index in [1.165, 1.54) is 7.11 Å². The maximum Gasteiger partial charge on any atom is 0.319 e. The minimum Gasteiger partial charge on any atom is -0.495 e. The average Bonchev–Trinajstić information content (AvgIpc) is 2.18. The maximum atomic E-state index is 11.6. The Labute approximate surface area is 106 Å². The van der Waals surface area contributed by atoms with Crippen LogP contribution in [0.5, 0.6) is 5.75 Å². The number of halogens is 1. The van der Waals surface area contributed by atoms with Crippen LogP contribution in [0.4, 0.5) is 10.5 Å². The van der Waals surface area contributed by atoms with Gasteiger partial charge in [0.1, 0.15) is 5.75 Å². The van der Waals surface area contributed by atoms with Gasteiger partial charge in [-0.3, -0.25) is 0 Å². The predicted molar refractivity (Wildman–Crippen MR) is 69.9 cm³/mol. The molecule has 94 valence electrons. The number of nitrogens with one attached hydrogen (secondary N) is 2. The topological polar surface area (TPSA) is 50.4 Å². The number of urea groups is 1. The first-order chi connectivity index (χ1) is 7.81. The number of ether oxygens (including phenoxy) is 1. The molecule has 0 saturated heterocycles. The van der Waals surface area contributed by atoms with Crippen LogP contribution in [0.3, 0.4) is 0 Å². The highest BCUT2D eigenvalue weighted by atomic mass is 35.5. The largest absolute Gasteiger partial charge is 0.495 e. The molecule has 0 unspecified atom stereocenters. The summed E-state index contributed by atoms with van der Waals surface area (Å²) in [6, 6.07) is 4.80. The Morgan fingerprint density at radius 2 is 2.00 bits per heavy atom. The second kappa shape index (κ2) is 5.27. The van der Waals surface area contributed by atoms with E-state index in [9.17, 15) is 4.79 Å². The molecule has 0 aliphatic carbocycles. The first-order valence-electron chi connectivity index (χ1n) is 5.24. The number of amides is 2. The summed E-state index contributed by atoms with van der Waals surface area (Å²) >= 11 is 5.89. The number of anilines is 1. The summed E-state index contributed by atoms with van der Waals surface area (Å²) in [6.07, 6.45) is 0. The fourth-order valence-corrected chi connectivity index (χ4v) is 1.44. The van der Waals surface area contributed by atoms with Crippen molar-refractivity contribution in [2.45, 2.75) is 26.3 Å². The van der Waals surface area contributed by atoms with Gasteiger partial charge in [-0.15, -0.1) is 0 Å². The molecule has 0 aromatic heterocycles. The Kier molecular flexibility index (Phi) is 4.23. The number of hydrogen-bond acceptors (Lipinski definition) is 2. The van der Waals surface area contributed by atoms with Crippen LogP contribution in [0, 0.1) is 0 Å². The minimum absolute atomic E-state index is 0.262. The SMILES string of the molecule is COc1cc(NC(=O)NC(C)(C)C)ccc1Cl. The molecule has 0 aliphatic rings. The van der Waals surface area contributed by atoms with Crippen molar-refractivity contribution in [3.05, 3.63) is 23.2 Å². The van der Waals surface area contributed by atoms with E-state index in [1.54, 1.807) is 18.2 Å². The lowest BCUT2D eigenvalue weighted by molar-refractivity contribution is 0.244. The molecule has 0 atom stereocenters. The van der Waals surface area contributed by atoms with E-state index in [-0.39, 0.29) is 11.6 Å². The summed E-state index contributed by atoms with van der Waals surface area (Å²) in [5, 5.41) is 6.02. The van der Waals surface area contributed by atoms with Crippen molar-refractivity contribution in [2.24, 2.45) is 0 Å². The predicted octanol–water partition coefficient (Wildman–Crippen LogP) is 3.27. The third-order valence-electron chi connectivity index (χ3n) is 1.90. The Morgan fingerprint density at radius 3 is 2.53 bits per heavy atom. The van der Waals surface area contributed by atoms with E-state index >= 15 is 0 Å². The van der Waals surface area contributed by atoms with Crippen LogP contribution in [0.25, 0.3) is 0 Å². The second-order valence-electron chi connectivity index (χ2n) is 4.68. The fraction of sp³-hybridized carbons (Fsp3) is 0.417. The molecule has 1 aromatic carbocycles. The number of methoxy groups -OCH3 is 1. The lowest BCUT2D eigenvalue weighted by atomic mass is 10.1. The number of benzene rings is 1. The lowest BCUT2D eigenvalue weighted by Gasteiger charge is -2.20. The highest BCUT2D eigenvalue weighted by molar-refractivity contribution is 6.32. The van der Waals surface area contributed by atoms with Crippen molar-refractivity contribution in [3.63, 3.8) is 0 Å². The zero-order valence-corrected chi connectivity index (χ0v) is 11.2. The Hall–Kier alpha value is -1.42. The Morgan fingerprint density at radius 1 is 1.35 bits per heavy atom. The second-order valence-corrected chi connectivity index (χ2v) is 5.09. The van der Waals surface area contributed by atoms with E-state index in [1.807, 2.05) is 20.8 Å². The molecule has 1 rings (SSSR count). The molecule has 0 saturated carbocycles. The van der Waals surface area contributed by atoms with Gasteiger partial charge in [-0.25, -0.2) is 4.79 Å². The van der Waals surface area contributed by atoms with Gasteiger partial charge in [-0.1, -0.05) is 11.6 Å². The minimum atomic E-state index is -0.277. The Bertz CT molecular complexity index is 413. The molecule has 1 aromatic rings. The van der Waals surface area contributed by atoms with Crippen LogP contribution in [-0.2, 0) is 0 Å². The standard InChI is InChI=1S/C12H17ClN2O2/c1-12(2,3)15-11(16)14-8-5-6-9(13)10(7-8)17-4/h5-7H,1-4H3,(H2,14,15,16). The van der Waals surface area contributed by atoms with E-state index in [2.05, 4.69) is 10.6 Å². The van der Waals surface area contributed by atoms with Gasteiger partial charge in [0.25, 0.3) is 0 Å². The summed E-state index contributed by atoms with van der Waals surface area (Å²) in [5.41, 5.74) is 0.355. The van der Waals surface area contributed by atoms with Crippen molar-refractivity contribution in [1.82, 2.24) is 5.32 Å². The van der Waals surface area contributed by atoms with E-state index in [4.69, 9.17) is 16.3 Å². The average molecular weight is 257 g/mol. The third kappa shape index (κ3) is 4.53. The summed E-state index contributed by atoms with van der Waals surface area (Å²) in [7, 11) is 1.53. The lowest BCUT2D eigenvalue weighted by Crippen LogP contribution is -2.43. The molecule has 5 heteroatoms. The van der Waals surface area contributed by atoms with Crippen molar-refractivity contribution in [2.75, 3.05) is 12.4 Å². The molecule has 2 N–H and O–H groups in total. The van der Waals surface area contributed by atoms with Gasteiger partial charge < -0.3 is 15.4 Å². The quantitative estimate of drug-likeness (QED) is 0.853. The van der Waals surface area contributed by atoms with Crippen LogP contribution in [-0.4, -0.2) is 18.7 Å². The summed E-state index contributed by atoms with van der Waals surface area (Å²) in [4.78, 5) is 11.6. The molecule has 0 fully saturated rings. The number of hydrogen-bond donors (Lipinski definition) is 2. The van der Waals surface area contributed by atoms with Gasteiger partial charge in [0.2, 0.25) is 0 Å². The van der Waals surface area contributed by atoms with Crippen LogP contribution in [0.1, 0.15) is 20.8 Å². The zero-order valence-electron chi connectivity index (χ0n) is 10.4. The molecule has 0 radical (unpaired) electrons. The molecular weight excluding hydrogens is 240 g/mol. The van der Waals surface area contributed by atoms with Gasteiger partial charge >= 0.3 is 6.03 Å². The van der Waals surface area contributed by atoms with E-state index < -0.39 is 0 Å². The summed E-state index contributed by atoms with van der Waals surface area (Å²) in [5.74, 6) is 0.528. The first kappa shape index (κ1) is 13.6. The molecular formula is C12H17ClN2O2. The molecule has 0 heterocycles. The molecule has 2 amide bonds. The fourth-order valence-electron chi connectivity index (χ4n) is 1.24. The summed E-state index contributed by atoms with van der Waals surface area (Å²) < 4.78 is 5.06. The molecule has 0 bridgehead atoms. The highest BCUT2D eigenvalue weighted by Gasteiger charge is 2.13. The van der Waals surface area contributed by atoms with Gasteiger partial charge in [0, 0.05) is 17.3 Å². The molecule has 0 spiro atoms. The van der Waals surface area contributed by atoms with Crippen molar-refractivity contribution >= 4 is 23.3 Å². The zero-order chi connectivity index (χ0) is 13.1. The normalized spacial score (nSPS) is 10.9. The number of carbonyl (C=O) groups excluding carboxylic acids is 1. The van der Waals surface area contributed by atoms with Crippen molar-refractivity contribution in [3.8, 4) is 5.75 Å². The van der Waals surface area contributed by atoms with E-state index in [0.29, 0.717) is 16.5 Å². The van der Waals surface area contributed by atoms with Gasteiger partial charge in [0.05, 0.1) is 12.1 Å². The van der Waals surface area contributed by atoms with Crippen molar-refractivity contribution < 1.29 is 9.53 Å². The summed E-state index contributed by atoms with van der Waals surface area (Å²) in [6.45, 7) is 5.74. The van der Waals surface area contributed by atoms with Crippen LogP contribution in [0.2, 0.25) is 5.02 Å². The highest BCUT2D eigenvalue weighted by Crippen LogP contribution is 2.27.